The maximum absolute atomic E-state index is 3.79. The molecule has 2 rings (SSSR count). The van der Waals surface area contributed by atoms with Crippen LogP contribution in [-0.4, -0.2) is 23.6 Å². The monoisotopic (exact) mass is 197 g/mol. The highest BCUT2D eigenvalue weighted by molar-refractivity contribution is 7.99. The summed E-state index contributed by atoms with van der Waals surface area (Å²) in [4.78, 5) is 0. The first-order valence-corrected chi connectivity index (χ1v) is 6.59. The van der Waals surface area contributed by atoms with Gasteiger partial charge in [-0.25, -0.2) is 0 Å². The molecule has 0 aromatic rings. The first-order chi connectivity index (χ1) is 6.45. The van der Waals surface area contributed by atoms with Crippen molar-refractivity contribution in [2.75, 3.05) is 11.5 Å². The maximum Gasteiger partial charge on any atom is 0.0107 e. The lowest BCUT2D eigenvalue weighted by atomic mass is 10.00. The topological polar surface area (TPSA) is 12.0 Å². The van der Waals surface area contributed by atoms with Gasteiger partial charge in [0, 0.05) is 12.1 Å². The molecule has 0 spiro atoms. The Bertz CT molecular complexity index is 173. The molecule has 1 aliphatic carbocycles. The Morgan fingerprint density at radius 2 is 1.85 bits per heavy atom. The van der Waals surface area contributed by atoms with Gasteiger partial charge in [0.1, 0.15) is 0 Å². The van der Waals surface area contributed by atoms with Gasteiger partial charge in [-0.15, -0.1) is 0 Å². The van der Waals surface area contributed by atoms with Crippen LogP contribution in [0, 0.1) is 0 Å². The molecule has 1 fully saturated rings. The van der Waals surface area contributed by atoms with Crippen molar-refractivity contribution in [2.45, 2.75) is 44.2 Å². The zero-order valence-corrected chi connectivity index (χ0v) is 8.98. The van der Waals surface area contributed by atoms with Crippen LogP contribution in [0.1, 0.15) is 32.1 Å². The molecule has 74 valence electrons. The van der Waals surface area contributed by atoms with Gasteiger partial charge in [-0.05, 0) is 43.6 Å². The molecule has 0 aromatic carbocycles. The zero-order chi connectivity index (χ0) is 8.93. The molecule has 1 heterocycles. The number of thioether (sulfide) groups is 1. The Morgan fingerprint density at radius 1 is 1.00 bits per heavy atom. The molecule has 2 aliphatic rings. The summed E-state index contributed by atoms with van der Waals surface area (Å²) in [6, 6.07) is 1.59. The highest BCUT2D eigenvalue weighted by Gasteiger charge is 2.17. The molecule has 1 unspecified atom stereocenters. The molecule has 0 amide bonds. The average molecular weight is 197 g/mol. The minimum absolute atomic E-state index is 0.776. The molecule has 13 heavy (non-hydrogen) atoms. The van der Waals surface area contributed by atoms with Gasteiger partial charge < -0.3 is 5.32 Å². The predicted octanol–water partition coefficient (Wildman–Crippen LogP) is 2.58. The number of allylic oxidation sites excluding steroid dienone is 1. The maximum atomic E-state index is 3.79. The summed E-state index contributed by atoms with van der Waals surface area (Å²) in [6.45, 7) is 0. The molecule has 0 aromatic heterocycles. The van der Waals surface area contributed by atoms with E-state index in [4.69, 9.17) is 0 Å². The van der Waals surface area contributed by atoms with E-state index in [1.54, 1.807) is 0 Å². The Balaban J connectivity index is 1.72. The Kier molecular flexibility index (Phi) is 3.74. The summed E-state index contributed by atoms with van der Waals surface area (Å²) in [5.41, 5.74) is 0. The number of hydrogen-bond donors (Lipinski definition) is 1. The molecule has 1 saturated heterocycles. The van der Waals surface area contributed by atoms with Crippen molar-refractivity contribution in [3.8, 4) is 0 Å². The van der Waals surface area contributed by atoms with Gasteiger partial charge in [-0.1, -0.05) is 12.2 Å². The van der Waals surface area contributed by atoms with Crippen molar-refractivity contribution in [1.82, 2.24) is 5.32 Å². The van der Waals surface area contributed by atoms with Crippen molar-refractivity contribution >= 4 is 11.8 Å². The van der Waals surface area contributed by atoms with Crippen LogP contribution < -0.4 is 5.32 Å². The summed E-state index contributed by atoms with van der Waals surface area (Å²) in [7, 11) is 0. The van der Waals surface area contributed by atoms with Crippen molar-refractivity contribution in [1.29, 1.82) is 0 Å². The normalized spacial score (nSPS) is 30.6. The van der Waals surface area contributed by atoms with Crippen molar-refractivity contribution in [3.05, 3.63) is 12.2 Å². The fourth-order valence-corrected chi connectivity index (χ4v) is 3.25. The highest BCUT2D eigenvalue weighted by Crippen LogP contribution is 2.19. The van der Waals surface area contributed by atoms with Gasteiger partial charge >= 0.3 is 0 Å². The third-order valence-electron chi connectivity index (χ3n) is 2.96. The van der Waals surface area contributed by atoms with E-state index in [-0.39, 0.29) is 0 Å². The number of rotatable bonds is 2. The highest BCUT2D eigenvalue weighted by atomic mass is 32.2. The van der Waals surface area contributed by atoms with Gasteiger partial charge in [-0.3, -0.25) is 0 Å². The number of hydrogen-bond acceptors (Lipinski definition) is 2. The van der Waals surface area contributed by atoms with Crippen molar-refractivity contribution in [2.24, 2.45) is 0 Å². The lowest BCUT2D eigenvalue weighted by Crippen LogP contribution is -2.40. The van der Waals surface area contributed by atoms with Crippen molar-refractivity contribution in [3.63, 3.8) is 0 Å². The Hall–Kier alpha value is 0.0500. The molecule has 0 radical (unpaired) electrons. The summed E-state index contributed by atoms with van der Waals surface area (Å²) in [6.07, 6.45) is 11.3. The quantitative estimate of drug-likeness (QED) is 0.683. The predicted molar refractivity (Wildman–Crippen MR) is 60.3 cm³/mol. The fraction of sp³-hybridized carbons (Fsp3) is 0.818. The summed E-state index contributed by atoms with van der Waals surface area (Å²) in [5.74, 6) is 2.72. The molecule has 1 aliphatic heterocycles. The van der Waals surface area contributed by atoms with E-state index in [9.17, 15) is 0 Å². The lowest BCUT2D eigenvalue weighted by molar-refractivity contribution is 0.386. The molecular weight excluding hydrogens is 178 g/mol. The van der Waals surface area contributed by atoms with Gasteiger partial charge in [-0.2, -0.15) is 11.8 Å². The molecule has 1 N–H and O–H groups in total. The molecule has 1 nitrogen and oxygen atoms in total. The second-order valence-corrected chi connectivity index (χ2v) is 5.26. The van der Waals surface area contributed by atoms with Crippen LogP contribution in [0.15, 0.2) is 12.2 Å². The standard InChI is InChI=1S/C11H19NS/c1-2-4-10(5-3-1)12-11-6-8-13-9-7-11/h1-2,10-12H,3-9H2. The molecule has 2 heteroatoms. The van der Waals surface area contributed by atoms with Crippen LogP contribution in [0.2, 0.25) is 0 Å². The Morgan fingerprint density at radius 3 is 2.54 bits per heavy atom. The van der Waals surface area contributed by atoms with Gasteiger partial charge in [0.05, 0.1) is 0 Å². The summed E-state index contributed by atoms with van der Waals surface area (Å²) in [5, 5.41) is 3.79. The summed E-state index contributed by atoms with van der Waals surface area (Å²) < 4.78 is 0. The first kappa shape index (κ1) is 9.60. The van der Waals surface area contributed by atoms with Gasteiger partial charge in [0.2, 0.25) is 0 Å². The summed E-state index contributed by atoms with van der Waals surface area (Å²) >= 11 is 2.11. The van der Waals surface area contributed by atoms with Crippen LogP contribution in [0.3, 0.4) is 0 Å². The molecule has 0 saturated carbocycles. The van der Waals surface area contributed by atoms with E-state index in [0.29, 0.717) is 0 Å². The van der Waals surface area contributed by atoms with Gasteiger partial charge in [0.15, 0.2) is 0 Å². The average Bonchev–Trinajstić information content (AvgIpc) is 2.21. The molecule has 0 bridgehead atoms. The van der Waals surface area contributed by atoms with Crippen LogP contribution in [0.5, 0.6) is 0 Å². The minimum Gasteiger partial charge on any atom is -0.311 e. The second-order valence-electron chi connectivity index (χ2n) is 4.03. The van der Waals surface area contributed by atoms with Gasteiger partial charge in [0.25, 0.3) is 0 Å². The lowest BCUT2D eigenvalue weighted by Gasteiger charge is -2.28. The third kappa shape index (κ3) is 3.03. The van der Waals surface area contributed by atoms with E-state index in [2.05, 4.69) is 29.2 Å². The fourth-order valence-electron chi connectivity index (χ4n) is 2.14. The SMILES string of the molecule is C1=CCC(NC2CCSCC2)CC1. The minimum atomic E-state index is 0.776. The first-order valence-electron chi connectivity index (χ1n) is 5.44. The van der Waals surface area contributed by atoms with Crippen LogP contribution in [0.25, 0.3) is 0 Å². The molecular formula is C11H19NS. The van der Waals surface area contributed by atoms with Crippen LogP contribution >= 0.6 is 11.8 Å². The van der Waals surface area contributed by atoms with E-state index >= 15 is 0 Å². The number of nitrogens with one attached hydrogen (secondary N) is 1. The zero-order valence-electron chi connectivity index (χ0n) is 8.17. The van der Waals surface area contributed by atoms with E-state index in [1.807, 2.05) is 0 Å². The Labute approximate surface area is 85.4 Å². The van der Waals surface area contributed by atoms with E-state index in [0.717, 1.165) is 12.1 Å². The molecule has 1 atom stereocenters. The van der Waals surface area contributed by atoms with E-state index in [1.165, 1.54) is 43.6 Å². The van der Waals surface area contributed by atoms with E-state index < -0.39 is 0 Å². The second kappa shape index (κ2) is 5.06. The van der Waals surface area contributed by atoms with Crippen LogP contribution in [0.4, 0.5) is 0 Å². The third-order valence-corrected chi connectivity index (χ3v) is 4.01. The largest absolute Gasteiger partial charge is 0.311 e. The smallest absolute Gasteiger partial charge is 0.0107 e. The van der Waals surface area contributed by atoms with Crippen LogP contribution in [-0.2, 0) is 0 Å². The van der Waals surface area contributed by atoms with Crippen molar-refractivity contribution < 1.29 is 0 Å².